The molecule has 0 aliphatic carbocycles. The molecule has 1 rings (SSSR count). The highest BCUT2D eigenvalue weighted by atomic mass is 16.7. The van der Waals surface area contributed by atoms with E-state index in [1.165, 1.54) is 5.56 Å². The minimum absolute atomic E-state index is 0.103. The fourth-order valence-corrected chi connectivity index (χ4v) is 0.990. The SMILES string of the molecule is COCO[C@@H](C)c1ccccc1. The monoisotopic (exact) mass is 166 g/mol. The molecule has 12 heavy (non-hydrogen) atoms. The van der Waals surface area contributed by atoms with Gasteiger partial charge in [-0.2, -0.15) is 0 Å². The van der Waals surface area contributed by atoms with E-state index in [-0.39, 0.29) is 6.10 Å². The summed E-state index contributed by atoms with van der Waals surface area (Å²) in [5.41, 5.74) is 1.18. The maximum absolute atomic E-state index is 5.35. The number of benzene rings is 1. The molecular formula is C10H14O2. The van der Waals surface area contributed by atoms with Crippen molar-refractivity contribution in [3.63, 3.8) is 0 Å². The van der Waals surface area contributed by atoms with Crippen LogP contribution in [0.5, 0.6) is 0 Å². The van der Waals surface area contributed by atoms with E-state index < -0.39 is 0 Å². The molecule has 0 aromatic heterocycles. The molecule has 0 amide bonds. The quantitative estimate of drug-likeness (QED) is 0.639. The first-order valence-corrected chi connectivity index (χ1v) is 4.00. The Bertz CT molecular complexity index is 208. The molecule has 1 aromatic carbocycles. The van der Waals surface area contributed by atoms with Gasteiger partial charge in [0.25, 0.3) is 0 Å². The van der Waals surface area contributed by atoms with Gasteiger partial charge in [0.15, 0.2) is 0 Å². The molecule has 0 bridgehead atoms. The molecule has 2 nitrogen and oxygen atoms in total. The van der Waals surface area contributed by atoms with E-state index >= 15 is 0 Å². The highest BCUT2D eigenvalue weighted by Crippen LogP contribution is 2.15. The highest BCUT2D eigenvalue weighted by Gasteiger charge is 2.02. The lowest BCUT2D eigenvalue weighted by molar-refractivity contribution is -0.0666. The lowest BCUT2D eigenvalue weighted by atomic mass is 10.1. The molecule has 0 unspecified atom stereocenters. The van der Waals surface area contributed by atoms with Gasteiger partial charge in [0.05, 0.1) is 6.10 Å². The van der Waals surface area contributed by atoms with Crippen molar-refractivity contribution in [1.29, 1.82) is 0 Å². The summed E-state index contributed by atoms with van der Waals surface area (Å²) in [6.07, 6.45) is 0.103. The smallest absolute Gasteiger partial charge is 0.147 e. The van der Waals surface area contributed by atoms with Crippen LogP contribution in [0.2, 0.25) is 0 Å². The Morgan fingerprint density at radius 1 is 1.25 bits per heavy atom. The molecule has 1 aromatic rings. The van der Waals surface area contributed by atoms with Crippen LogP contribution in [-0.2, 0) is 9.47 Å². The predicted molar refractivity (Wildman–Crippen MR) is 47.8 cm³/mol. The normalized spacial score (nSPS) is 12.8. The fraction of sp³-hybridized carbons (Fsp3) is 0.400. The number of hydrogen-bond acceptors (Lipinski definition) is 2. The maximum Gasteiger partial charge on any atom is 0.147 e. The molecule has 0 fully saturated rings. The van der Waals surface area contributed by atoms with Crippen molar-refractivity contribution >= 4 is 0 Å². The van der Waals surface area contributed by atoms with Crippen LogP contribution >= 0.6 is 0 Å². The molecule has 0 heterocycles. The van der Waals surface area contributed by atoms with Crippen LogP contribution < -0.4 is 0 Å². The first-order valence-electron chi connectivity index (χ1n) is 4.00. The largest absolute Gasteiger partial charge is 0.359 e. The van der Waals surface area contributed by atoms with Crippen molar-refractivity contribution in [2.75, 3.05) is 13.9 Å². The molecule has 2 heteroatoms. The Balaban J connectivity index is 2.48. The molecule has 0 aliphatic rings. The van der Waals surface area contributed by atoms with Crippen molar-refractivity contribution in [2.24, 2.45) is 0 Å². The third kappa shape index (κ3) is 2.64. The molecule has 66 valence electrons. The summed E-state index contributed by atoms with van der Waals surface area (Å²) in [4.78, 5) is 0. The first kappa shape index (κ1) is 9.23. The summed E-state index contributed by atoms with van der Waals surface area (Å²) in [6, 6.07) is 10.1. The number of rotatable bonds is 4. The Kier molecular flexibility index (Phi) is 3.77. The second-order valence-corrected chi connectivity index (χ2v) is 2.63. The zero-order chi connectivity index (χ0) is 8.81. The second kappa shape index (κ2) is 4.91. The first-order chi connectivity index (χ1) is 5.84. The van der Waals surface area contributed by atoms with E-state index in [2.05, 4.69) is 0 Å². The summed E-state index contributed by atoms with van der Waals surface area (Å²) in [5.74, 6) is 0. The number of ether oxygens (including phenoxy) is 2. The van der Waals surface area contributed by atoms with E-state index in [1.54, 1.807) is 7.11 Å². The molecule has 0 spiro atoms. The van der Waals surface area contributed by atoms with Crippen molar-refractivity contribution in [3.05, 3.63) is 35.9 Å². The fourth-order valence-electron chi connectivity index (χ4n) is 0.990. The predicted octanol–water partition coefficient (Wildman–Crippen LogP) is 2.37. The van der Waals surface area contributed by atoms with Gasteiger partial charge in [0.1, 0.15) is 6.79 Å². The molecule has 0 N–H and O–H groups in total. The van der Waals surface area contributed by atoms with Gasteiger partial charge in [0, 0.05) is 7.11 Å². The van der Waals surface area contributed by atoms with E-state index in [0.717, 1.165) is 0 Å². The van der Waals surface area contributed by atoms with Gasteiger partial charge < -0.3 is 9.47 Å². The summed E-state index contributed by atoms with van der Waals surface area (Å²) in [7, 11) is 1.62. The Labute approximate surface area is 73.1 Å². The molecule has 0 saturated heterocycles. The van der Waals surface area contributed by atoms with Gasteiger partial charge >= 0.3 is 0 Å². The third-order valence-electron chi connectivity index (χ3n) is 1.70. The van der Waals surface area contributed by atoms with E-state index in [1.807, 2.05) is 37.3 Å². The van der Waals surface area contributed by atoms with Gasteiger partial charge in [-0.3, -0.25) is 0 Å². The van der Waals surface area contributed by atoms with E-state index in [9.17, 15) is 0 Å². The van der Waals surface area contributed by atoms with Crippen LogP contribution in [-0.4, -0.2) is 13.9 Å². The maximum atomic E-state index is 5.35. The zero-order valence-corrected chi connectivity index (χ0v) is 7.49. The van der Waals surface area contributed by atoms with Gasteiger partial charge in [-0.25, -0.2) is 0 Å². The van der Waals surface area contributed by atoms with Gasteiger partial charge in [-0.15, -0.1) is 0 Å². The molecule has 0 saturated carbocycles. The average molecular weight is 166 g/mol. The van der Waals surface area contributed by atoms with Crippen LogP contribution in [0, 0.1) is 0 Å². The van der Waals surface area contributed by atoms with Gasteiger partial charge in [0.2, 0.25) is 0 Å². The summed E-state index contributed by atoms with van der Waals surface area (Å²) >= 11 is 0. The second-order valence-electron chi connectivity index (χ2n) is 2.63. The molecule has 1 atom stereocenters. The van der Waals surface area contributed by atoms with Crippen LogP contribution in [0.3, 0.4) is 0 Å². The zero-order valence-electron chi connectivity index (χ0n) is 7.49. The number of methoxy groups -OCH3 is 1. The molecule has 0 aliphatic heterocycles. The minimum Gasteiger partial charge on any atom is -0.359 e. The Morgan fingerprint density at radius 3 is 2.50 bits per heavy atom. The van der Waals surface area contributed by atoms with Gasteiger partial charge in [-0.05, 0) is 12.5 Å². The number of hydrogen-bond donors (Lipinski definition) is 0. The van der Waals surface area contributed by atoms with Gasteiger partial charge in [-0.1, -0.05) is 30.3 Å². The Hall–Kier alpha value is -0.860. The third-order valence-corrected chi connectivity index (χ3v) is 1.70. The highest BCUT2D eigenvalue weighted by molar-refractivity contribution is 5.16. The lowest BCUT2D eigenvalue weighted by Crippen LogP contribution is -2.02. The van der Waals surface area contributed by atoms with E-state index in [4.69, 9.17) is 9.47 Å². The summed E-state index contributed by atoms with van der Waals surface area (Å²) < 4.78 is 10.2. The van der Waals surface area contributed by atoms with Crippen LogP contribution in [0.25, 0.3) is 0 Å². The topological polar surface area (TPSA) is 18.5 Å². The van der Waals surface area contributed by atoms with Crippen LogP contribution in [0.4, 0.5) is 0 Å². The van der Waals surface area contributed by atoms with Crippen LogP contribution in [0.1, 0.15) is 18.6 Å². The standard InChI is InChI=1S/C10H14O2/c1-9(12-8-11-2)10-6-4-3-5-7-10/h3-7,9H,8H2,1-2H3/t9-/m0/s1. The average Bonchev–Trinajstić information content (AvgIpc) is 2.15. The van der Waals surface area contributed by atoms with Crippen molar-refractivity contribution in [2.45, 2.75) is 13.0 Å². The van der Waals surface area contributed by atoms with Crippen LogP contribution in [0.15, 0.2) is 30.3 Å². The van der Waals surface area contributed by atoms with Crippen molar-refractivity contribution < 1.29 is 9.47 Å². The summed E-state index contributed by atoms with van der Waals surface area (Å²) in [5, 5.41) is 0. The minimum atomic E-state index is 0.103. The summed E-state index contributed by atoms with van der Waals surface area (Å²) in [6.45, 7) is 2.35. The lowest BCUT2D eigenvalue weighted by Gasteiger charge is -2.11. The van der Waals surface area contributed by atoms with Crippen molar-refractivity contribution in [3.8, 4) is 0 Å². The Morgan fingerprint density at radius 2 is 1.92 bits per heavy atom. The van der Waals surface area contributed by atoms with Crippen molar-refractivity contribution in [1.82, 2.24) is 0 Å². The molecular weight excluding hydrogens is 152 g/mol. The van der Waals surface area contributed by atoms with E-state index in [0.29, 0.717) is 6.79 Å². The molecule has 0 radical (unpaired) electrons.